The molecule has 0 aromatic carbocycles. The predicted octanol–water partition coefficient (Wildman–Crippen LogP) is 1.81. The molecule has 62 valence electrons. The van der Waals surface area contributed by atoms with Crippen LogP contribution in [0.25, 0.3) is 0 Å². The van der Waals surface area contributed by atoms with E-state index in [9.17, 15) is 0 Å². The van der Waals surface area contributed by atoms with Crippen molar-refractivity contribution >= 4 is 5.82 Å². The fraction of sp³-hybridized carbons (Fsp3) is 0.625. The fourth-order valence-electron chi connectivity index (χ4n) is 1.13. The van der Waals surface area contributed by atoms with Crippen molar-refractivity contribution in [2.45, 2.75) is 26.8 Å². The topological polar surface area (TPSA) is 29.9 Å². The minimum absolute atomic E-state index is 0.490. The summed E-state index contributed by atoms with van der Waals surface area (Å²) in [6, 6.07) is 0.490. The Hall–Kier alpha value is -0.990. The largest absolute Gasteiger partial charge is 0.372 e. The van der Waals surface area contributed by atoms with Gasteiger partial charge < -0.3 is 9.88 Å². The summed E-state index contributed by atoms with van der Waals surface area (Å²) in [7, 11) is 1.88. The predicted molar refractivity (Wildman–Crippen MR) is 46.9 cm³/mol. The summed E-state index contributed by atoms with van der Waals surface area (Å²) in [5.41, 5.74) is 0. The summed E-state index contributed by atoms with van der Waals surface area (Å²) in [5.74, 6) is 2.00. The van der Waals surface area contributed by atoms with E-state index >= 15 is 0 Å². The summed E-state index contributed by atoms with van der Waals surface area (Å²) in [6.07, 6.45) is 2.03. The first-order chi connectivity index (χ1) is 5.15. The number of imidazole rings is 1. The minimum Gasteiger partial charge on any atom is -0.372 e. The Morgan fingerprint density at radius 1 is 1.55 bits per heavy atom. The van der Waals surface area contributed by atoms with Gasteiger partial charge in [0, 0.05) is 19.3 Å². The molecule has 0 aliphatic heterocycles. The van der Waals surface area contributed by atoms with Crippen molar-refractivity contribution in [3.63, 3.8) is 0 Å². The molecule has 1 heterocycles. The van der Waals surface area contributed by atoms with Crippen molar-refractivity contribution < 1.29 is 0 Å². The van der Waals surface area contributed by atoms with Crippen LogP contribution in [0.4, 0.5) is 5.82 Å². The molecule has 0 aliphatic rings. The zero-order valence-corrected chi connectivity index (χ0v) is 7.55. The molecule has 1 N–H and O–H groups in total. The second kappa shape index (κ2) is 2.95. The first kappa shape index (κ1) is 8.11. The number of nitrogens with zero attached hydrogens (tertiary/aromatic N) is 2. The first-order valence-corrected chi connectivity index (χ1v) is 3.88. The average molecular weight is 153 g/mol. The lowest BCUT2D eigenvalue weighted by Crippen LogP contribution is -2.00. The molecular formula is C8H15N3. The van der Waals surface area contributed by atoms with E-state index in [4.69, 9.17) is 0 Å². The van der Waals surface area contributed by atoms with Gasteiger partial charge in [-0.3, -0.25) is 0 Å². The number of nitrogens with one attached hydrogen (secondary N) is 1. The van der Waals surface area contributed by atoms with Gasteiger partial charge in [0.2, 0.25) is 0 Å². The molecule has 0 bridgehead atoms. The molecule has 0 aliphatic carbocycles. The monoisotopic (exact) mass is 153 g/mol. The van der Waals surface area contributed by atoms with Gasteiger partial charge in [-0.15, -0.1) is 0 Å². The van der Waals surface area contributed by atoms with Gasteiger partial charge in [-0.2, -0.15) is 0 Å². The van der Waals surface area contributed by atoms with E-state index in [0.29, 0.717) is 6.04 Å². The molecule has 0 amide bonds. The Labute approximate surface area is 67.4 Å². The normalized spacial score (nSPS) is 10.6. The minimum atomic E-state index is 0.490. The van der Waals surface area contributed by atoms with Crippen LogP contribution in [0.1, 0.15) is 25.7 Å². The van der Waals surface area contributed by atoms with Crippen LogP contribution in [0, 0.1) is 6.92 Å². The van der Waals surface area contributed by atoms with E-state index in [1.807, 2.05) is 20.2 Å². The van der Waals surface area contributed by atoms with Crippen LogP contribution in [0.15, 0.2) is 6.20 Å². The van der Waals surface area contributed by atoms with Gasteiger partial charge in [-0.05, 0) is 20.8 Å². The molecule has 0 saturated carbocycles. The number of rotatable bonds is 2. The standard InChI is InChI=1S/C8H15N3/c1-6(2)11-5-8(9-4)10-7(11)3/h5-6,9H,1-4H3. The molecular weight excluding hydrogens is 138 g/mol. The molecule has 0 fully saturated rings. The zero-order valence-electron chi connectivity index (χ0n) is 7.55. The summed E-state index contributed by atoms with van der Waals surface area (Å²) in [4.78, 5) is 4.30. The molecule has 0 unspecified atom stereocenters. The summed E-state index contributed by atoms with van der Waals surface area (Å²) < 4.78 is 2.14. The van der Waals surface area contributed by atoms with Crippen LogP contribution in [-0.4, -0.2) is 16.6 Å². The van der Waals surface area contributed by atoms with Crippen molar-refractivity contribution in [2.24, 2.45) is 0 Å². The van der Waals surface area contributed by atoms with Crippen LogP contribution in [0.2, 0.25) is 0 Å². The molecule has 3 heteroatoms. The second-order valence-electron chi connectivity index (χ2n) is 2.92. The van der Waals surface area contributed by atoms with E-state index in [1.54, 1.807) is 0 Å². The Morgan fingerprint density at radius 2 is 2.18 bits per heavy atom. The van der Waals surface area contributed by atoms with Crippen molar-refractivity contribution in [2.75, 3.05) is 12.4 Å². The van der Waals surface area contributed by atoms with E-state index in [1.165, 1.54) is 0 Å². The fourth-order valence-corrected chi connectivity index (χ4v) is 1.13. The lowest BCUT2D eigenvalue weighted by atomic mass is 10.4. The van der Waals surface area contributed by atoms with E-state index < -0.39 is 0 Å². The highest BCUT2D eigenvalue weighted by atomic mass is 15.1. The molecule has 11 heavy (non-hydrogen) atoms. The highest BCUT2D eigenvalue weighted by molar-refractivity contribution is 5.32. The van der Waals surface area contributed by atoms with Gasteiger partial charge in [0.05, 0.1) is 0 Å². The number of aromatic nitrogens is 2. The number of hydrogen-bond acceptors (Lipinski definition) is 2. The molecule has 1 rings (SSSR count). The van der Waals surface area contributed by atoms with E-state index in [2.05, 4.69) is 28.7 Å². The van der Waals surface area contributed by atoms with Gasteiger partial charge in [0.15, 0.2) is 0 Å². The zero-order chi connectivity index (χ0) is 8.43. The van der Waals surface area contributed by atoms with E-state index in [-0.39, 0.29) is 0 Å². The SMILES string of the molecule is CNc1cn(C(C)C)c(C)n1. The van der Waals surface area contributed by atoms with Gasteiger partial charge in [-0.1, -0.05) is 0 Å². The third kappa shape index (κ3) is 1.53. The maximum atomic E-state index is 4.30. The van der Waals surface area contributed by atoms with Gasteiger partial charge in [0.1, 0.15) is 11.6 Å². The maximum Gasteiger partial charge on any atom is 0.144 e. The molecule has 0 spiro atoms. The summed E-state index contributed by atoms with van der Waals surface area (Å²) >= 11 is 0. The van der Waals surface area contributed by atoms with Gasteiger partial charge in [0.25, 0.3) is 0 Å². The van der Waals surface area contributed by atoms with Crippen LogP contribution in [0.5, 0.6) is 0 Å². The highest BCUT2D eigenvalue weighted by Gasteiger charge is 2.03. The first-order valence-electron chi connectivity index (χ1n) is 3.88. The Balaban J connectivity index is 2.97. The molecule has 1 aromatic heterocycles. The van der Waals surface area contributed by atoms with Gasteiger partial charge >= 0.3 is 0 Å². The lowest BCUT2D eigenvalue weighted by Gasteiger charge is -2.06. The highest BCUT2D eigenvalue weighted by Crippen LogP contribution is 2.12. The van der Waals surface area contributed by atoms with Crippen LogP contribution in [0.3, 0.4) is 0 Å². The van der Waals surface area contributed by atoms with Crippen molar-refractivity contribution in [3.8, 4) is 0 Å². The number of aryl methyl sites for hydroxylation is 1. The van der Waals surface area contributed by atoms with Gasteiger partial charge in [-0.25, -0.2) is 4.98 Å². The lowest BCUT2D eigenvalue weighted by molar-refractivity contribution is 0.583. The number of hydrogen-bond donors (Lipinski definition) is 1. The average Bonchev–Trinajstić information content (AvgIpc) is 2.30. The molecule has 0 saturated heterocycles. The third-order valence-corrected chi connectivity index (χ3v) is 1.73. The van der Waals surface area contributed by atoms with E-state index in [0.717, 1.165) is 11.6 Å². The second-order valence-corrected chi connectivity index (χ2v) is 2.92. The van der Waals surface area contributed by atoms with Crippen LogP contribution >= 0.6 is 0 Å². The smallest absolute Gasteiger partial charge is 0.144 e. The van der Waals surface area contributed by atoms with Crippen LogP contribution < -0.4 is 5.32 Å². The maximum absolute atomic E-state index is 4.30. The Kier molecular flexibility index (Phi) is 2.17. The molecule has 1 aromatic rings. The summed E-state index contributed by atoms with van der Waals surface area (Å²) in [6.45, 7) is 6.31. The third-order valence-electron chi connectivity index (χ3n) is 1.73. The van der Waals surface area contributed by atoms with Crippen molar-refractivity contribution in [1.82, 2.24) is 9.55 Å². The number of anilines is 1. The molecule has 0 atom stereocenters. The molecule has 3 nitrogen and oxygen atoms in total. The van der Waals surface area contributed by atoms with Crippen LogP contribution in [-0.2, 0) is 0 Å². The summed E-state index contributed by atoms with van der Waals surface area (Å²) in [5, 5.41) is 3.01. The Morgan fingerprint density at radius 3 is 2.45 bits per heavy atom. The Bertz CT molecular complexity index is 237. The quantitative estimate of drug-likeness (QED) is 0.702. The van der Waals surface area contributed by atoms with Crippen molar-refractivity contribution in [3.05, 3.63) is 12.0 Å². The van der Waals surface area contributed by atoms with Crippen molar-refractivity contribution in [1.29, 1.82) is 0 Å². The molecule has 0 radical (unpaired) electrons.